The van der Waals surface area contributed by atoms with E-state index in [0.29, 0.717) is 18.3 Å². The lowest BCUT2D eigenvalue weighted by Crippen LogP contribution is -2.33. The minimum atomic E-state index is -0.0306. The molecule has 1 aromatic carbocycles. The fraction of sp³-hybridized carbons (Fsp3) is 0.500. The van der Waals surface area contributed by atoms with Crippen LogP contribution in [0, 0.1) is 0 Å². The van der Waals surface area contributed by atoms with Crippen LogP contribution in [0.2, 0.25) is 0 Å². The van der Waals surface area contributed by atoms with Crippen molar-refractivity contribution < 1.29 is 9.53 Å². The van der Waals surface area contributed by atoms with Gasteiger partial charge in [-0.25, -0.2) is 0 Å². The van der Waals surface area contributed by atoms with Crippen LogP contribution in [0.5, 0.6) is 5.75 Å². The van der Waals surface area contributed by atoms with E-state index in [1.54, 1.807) is 0 Å². The van der Waals surface area contributed by atoms with E-state index >= 15 is 0 Å². The summed E-state index contributed by atoms with van der Waals surface area (Å²) in [7, 11) is 0. The molecule has 4 heteroatoms. The van der Waals surface area contributed by atoms with Crippen molar-refractivity contribution in [3.05, 3.63) is 29.8 Å². The molecule has 18 heavy (non-hydrogen) atoms. The number of ether oxygens (including phenoxy) is 1. The first-order valence-electron chi connectivity index (χ1n) is 6.24. The molecule has 1 rings (SSSR count). The number of hydrogen-bond donors (Lipinski definition) is 1. The van der Waals surface area contributed by atoms with Gasteiger partial charge >= 0.3 is 0 Å². The van der Waals surface area contributed by atoms with Gasteiger partial charge in [-0.3, -0.25) is 4.79 Å². The summed E-state index contributed by atoms with van der Waals surface area (Å²) in [5, 5.41) is 3.53. The van der Waals surface area contributed by atoms with Crippen molar-refractivity contribution in [3.8, 4) is 5.75 Å². The van der Waals surface area contributed by atoms with Gasteiger partial charge in [-0.1, -0.05) is 41.1 Å². The zero-order valence-corrected chi connectivity index (χ0v) is 12.5. The number of amides is 1. The number of hydrogen-bond acceptors (Lipinski definition) is 2. The lowest BCUT2D eigenvalue weighted by molar-refractivity contribution is -0.121. The first kappa shape index (κ1) is 15.0. The highest BCUT2D eigenvalue weighted by molar-refractivity contribution is 9.09. The molecule has 0 aliphatic heterocycles. The van der Waals surface area contributed by atoms with Gasteiger partial charge in [0.25, 0.3) is 0 Å². The molecule has 1 aromatic rings. The van der Waals surface area contributed by atoms with Crippen LogP contribution in [0.1, 0.15) is 25.8 Å². The molecule has 3 nitrogen and oxygen atoms in total. The Morgan fingerprint density at radius 3 is 2.83 bits per heavy atom. The minimum Gasteiger partial charge on any atom is -0.489 e. The van der Waals surface area contributed by atoms with Gasteiger partial charge in [0.2, 0.25) is 5.91 Å². The van der Waals surface area contributed by atoms with Gasteiger partial charge < -0.3 is 10.1 Å². The number of benzene rings is 1. The minimum absolute atomic E-state index is 0.0306. The molecule has 1 N–H and O–H groups in total. The average Bonchev–Trinajstić information content (AvgIpc) is 2.37. The van der Waals surface area contributed by atoms with Crippen LogP contribution in [0.25, 0.3) is 0 Å². The van der Waals surface area contributed by atoms with Crippen molar-refractivity contribution in [2.75, 3.05) is 11.9 Å². The molecular formula is C14H20BrNO2. The fourth-order valence-corrected chi connectivity index (χ4v) is 1.96. The second-order valence-corrected chi connectivity index (χ2v) is 4.93. The highest BCUT2D eigenvalue weighted by atomic mass is 79.9. The van der Waals surface area contributed by atoms with Gasteiger partial charge in [-0.2, -0.15) is 0 Å². The first-order chi connectivity index (χ1) is 8.67. The summed E-state index contributed by atoms with van der Waals surface area (Å²) in [6.45, 7) is 4.59. The smallest absolute Gasteiger partial charge is 0.220 e. The maximum atomic E-state index is 11.3. The van der Waals surface area contributed by atoms with E-state index in [1.807, 2.05) is 25.1 Å². The van der Waals surface area contributed by atoms with Crippen molar-refractivity contribution >= 4 is 21.8 Å². The summed E-state index contributed by atoms with van der Waals surface area (Å²) in [6.07, 6.45) is 1.41. The number of nitrogens with one attached hydrogen (secondary N) is 1. The van der Waals surface area contributed by atoms with Crippen LogP contribution >= 0.6 is 15.9 Å². The normalized spacial score (nSPS) is 11.9. The molecule has 1 atom stereocenters. The van der Waals surface area contributed by atoms with E-state index in [9.17, 15) is 4.79 Å². The Hall–Kier alpha value is -1.03. The zero-order chi connectivity index (χ0) is 13.4. The number of para-hydroxylation sites is 1. The Morgan fingerprint density at radius 2 is 2.17 bits per heavy atom. The largest absolute Gasteiger partial charge is 0.489 e. The molecule has 0 bridgehead atoms. The maximum Gasteiger partial charge on any atom is 0.220 e. The van der Waals surface area contributed by atoms with E-state index < -0.39 is 0 Å². The third kappa shape index (κ3) is 5.08. The number of rotatable bonds is 7. The van der Waals surface area contributed by atoms with E-state index in [4.69, 9.17) is 4.74 Å². The molecule has 100 valence electrons. The van der Waals surface area contributed by atoms with Crippen molar-refractivity contribution in [1.29, 1.82) is 0 Å². The van der Waals surface area contributed by atoms with Gasteiger partial charge in [-0.15, -0.1) is 0 Å². The van der Waals surface area contributed by atoms with Crippen molar-refractivity contribution in [2.45, 2.75) is 32.8 Å². The van der Waals surface area contributed by atoms with Crippen LogP contribution < -0.4 is 10.1 Å². The number of alkyl halides is 1. The molecule has 0 aliphatic carbocycles. The highest BCUT2D eigenvalue weighted by Gasteiger charge is 2.08. The number of halogens is 1. The topological polar surface area (TPSA) is 38.3 Å². The Labute approximate surface area is 117 Å². The van der Waals surface area contributed by atoms with Crippen molar-refractivity contribution in [3.63, 3.8) is 0 Å². The van der Waals surface area contributed by atoms with Crippen LogP contribution in [-0.4, -0.2) is 23.9 Å². The molecule has 0 saturated heterocycles. The maximum absolute atomic E-state index is 11.3. The van der Waals surface area contributed by atoms with Crippen molar-refractivity contribution in [2.24, 2.45) is 0 Å². The van der Waals surface area contributed by atoms with Crippen molar-refractivity contribution in [1.82, 2.24) is 5.32 Å². The average molecular weight is 314 g/mol. The fourth-order valence-electron chi connectivity index (χ4n) is 1.60. The predicted molar refractivity (Wildman–Crippen MR) is 77.3 cm³/mol. The standard InChI is InChI=1S/C14H20BrNO2/c1-3-12-6-4-5-7-13(12)18-11(2)10-16-14(17)8-9-15/h4-7,11H,3,8-10H2,1-2H3,(H,16,17). The van der Waals surface area contributed by atoms with Gasteiger partial charge in [-0.05, 0) is 25.0 Å². The van der Waals surface area contributed by atoms with Gasteiger partial charge in [0.1, 0.15) is 11.9 Å². The van der Waals surface area contributed by atoms with Crippen LogP contribution in [0.15, 0.2) is 24.3 Å². The third-order valence-corrected chi connectivity index (χ3v) is 2.99. The quantitative estimate of drug-likeness (QED) is 0.786. The summed E-state index contributed by atoms with van der Waals surface area (Å²) in [5.74, 6) is 0.952. The lowest BCUT2D eigenvalue weighted by atomic mass is 10.1. The lowest BCUT2D eigenvalue weighted by Gasteiger charge is -2.17. The Bertz CT molecular complexity index is 382. The van der Waals surface area contributed by atoms with Gasteiger partial charge in [0.05, 0.1) is 6.54 Å². The summed E-state index contributed by atoms with van der Waals surface area (Å²) >= 11 is 3.24. The number of aryl methyl sites for hydroxylation is 1. The molecular weight excluding hydrogens is 294 g/mol. The highest BCUT2D eigenvalue weighted by Crippen LogP contribution is 2.19. The monoisotopic (exact) mass is 313 g/mol. The predicted octanol–water partition coefficient (Wildman–Crippen LogP) is 2.92. The van der Waals surface area contributed by atoms with E-state index in [0.717, 1.165) is 12.2 Å². The molecule has 1 unspecified atom stereocenters. The SMILES string of the molecule is CCc1ccccc1OC(C)CNC(=O)CCBr. The molecule has 0 spiro atoms. The van der Waals surface area contributed by atoms with Crippen LogP contribution in [0.4, 0.5) is 0 Å². The molecule has 0 aliphatic rings. The second-order valence-electron chi connectivity index (χ2n) is 4.13. The third-order valence-electron chi connectivity index (χ3n) is 2.59. The zero-order valence-electron chi connectivity index (χ0n) is 10.9. The Morgan fingerprint density at radius 1 is 1.44 bits per heavy atom. The first-order valence-corrected chi connectivity index (χ1v) is 7.36. The molecule has 0 fully saturated rings. The number of carbonyl (C=O) groups excluding carboxylic acids is 1. The second kappa shape index (κ2) is 8.14. The van der Waals surface area contributed by atoms with E-state index in [2.05, 4.69) is 34.2 Å². The van der Waals surface area contributed by atoms with Crippen LogP contribution in [-0.2, 0) is 11.2 Å². The van der Waals surface area contributed by atoms with E-state index in [-0.39, 0.29) is 12.0 Å². The number of carbonyl (C=O) groups is 1. The Balaban J connectivity index is 2.44. The summed E-state index contributed by atoms with van der Waals surface area (Å²) < 4.78 is 5.84. The van der Waals surface area contributed by atoms with Crippen LogP contribution in [0.3, 0.4) is 0 Å². The van der Waals surface area contributed by atoms with E-state index in [1.165, 1.54) is 5.56 Å². The molecule has 1 amide bonds. The Kier molecular flexibility index (Phi) is 6.80. The molecule has 0 saturated carbocycles. The molecule has 0 aromatic heterocycles. The summed E-state index contributed by atoms with van der Waals surface area (Å²) in [4.78, 5) is 11.3. The van der Waals surface area contributed by atoms with Gasteiger partial charge in [0, 0.05) is 11.8 Å². The summed E-state index contributed by atoms with van der Waals surface area (Å²) in [5.41, 5.74) is 1.19. The summed E-state index contributed by atoms with van der Waals surface area (Å²) in [6, 6.07) is 8.00. The molecule has 0 radical (unpaired) electrons. The molecule has 0 heterocycles. The van der Waals surface area contributed by atoms with Gasteiger partial charge in [0.15, 0.2) is 0 Å².